The van der Waals surface area contributed by atoms with Gasteiger partial charge in [-0.3, -0.25) is 24.0 Å². The molecule has 200 valence electrons. The predicted molar refractivity (Wildman–Crippen MR) is 145 cm³/mol. The van der Waals surface area contributed by atoms with Crippen molar-refractivity contribution < 1.29 is 24.0 Å². The molecule has 0 fully saturated rings. The molecule has 0 bridgehead atoms. The van der Waals surface area contributed by atoms with Gasteiger partial charge in [0.1, 0.15) is 0 Å². The van der Waals surface area contributed by atoms with Gasteiger partial charge in [0.05, 0.1) is 31.3 Å². The smallest absolute Gasteiger partial charge is 0.239 e. The maximum absolute atomic E-state index is 12.5. The van der Waals surface area contributed by atoms with Gasteiger partial charge in [-0.1, -0.05) is 42.0 Å². The summed E-state index contributed by atoms with van der Waals surface area (Å²) in [6.07, 6.45) is 1.36. The number of aryl methyl sites for hydroxylation is 1. The first kappa shape index (κ1) is 29.6. The SMILES string of the molecule is Cc1ccc2cc([C@H](C)C(=O)NCCCCNC(=O)CNC(=O)CNC(=O)CNC(=O)CS)ccc2c1. The zero-order chi connectivity index (χ0) is 27.2. The van der Waals surface area contributed by atoms with E-state index in [0.29, 0.717) is 25.9 Å². The summed E-state index contributed by atoms with van der Waals surface area (Å²) in [5.74, 6) is -2.16. The van der Waals surface area contributed by atoms with Gasteiger partial charge in [0.25, 0.3) is 0 Å². The molecule has 0 saturated carbocycles. The summed E-state index contributed by atoms with van der Waals surface area (Å²) < 4.78 is 0. The Balaban J connectivity index is 1.55. The number of fused-ring (bicyclic) bond motifs is 1. The van der Waals surface area contributed by atoms with Crippen LogP contribution < -0.4 is 26.6 Å². The number of carbonyl (C=O) groups excluding carboxylic acids is 5. The summed E-state index contributed by atoms with van der Waals surface area (Å²) in [5.41, 5.74) is 2.16. The van der Waals surface area contributed by atoms with Crippen LogP contribution in [-0.2, 0) is 24.0 Å². The van der Waals surface area contributed by atoms with E-state index in [1.54, 1.807) is 0 Å². The van der Waals surface area contributed by atoms with E-state index in [1.165, 1.54) is 5.56 Å². The number of rotatable bonds is 14. The van der Waals surface area contributed by atoms with Crippen LogP contribution in [0.25, 0.3) is 10.8 Å². The lowest BCUT2D eigenvalue weighted by Gasteiger charge is -2.14. The van der Waals surface area contributed by atoms with Gasteiger partial charge in [-0.05, 0) is 43.0 Å². The van der Waals surface area contributed by atoms with Gasteiger partial charge in [-0.2, -0.15) is 12.6 Å². The van der Waals surface area contributed by atoms with Crippen LogP contribution in [0.4, 0.5) is 0 Å². The van der Waals surface area contributed by atoms with Crippen molar-refractivity contribution in [3.8, 4) is 0 Å². The molecule has 1 atom stereocenters. The van der Waals surface area contributed by atoms with Gasteiger partial charge in [-0.15, -0.1) is 0 Å². The molecule has 0 aliphatic heterocycles. The summed E-state index contributed by atoms with van der Waals surface area (Å²) in [6.45, 7) is 4.06. The van der Waals surface area contributed by atoms with Crippen LogP contribution in [0.15, 0.2) is 36.4 Å². The van der Waals surface area contributed by atoms with E-state index >= 15 is 0 Å². The van der Waals surface area contributed by atoms with Gasteiger partial charge in [0.2, 0.25) is 29.5 Å². The Morgan fingerprint density at radius 2 is 1.22 bits per heavy atom. The Bertz CT molecular complexity index is 1120. The molecule has 0 aromatic heterocycles. The van der Waals surface area contributed by atoms with E-state index in [0.717, 1.165) is 16.3 Å². The lowest BCUT2D eigenvalue weighted by atomic mass is 9.96. The molecular formula is C26H35N5O5S. The first-order chi connectivity index (χ1) is 17.7. The highest BCUT2D eigenvalue weighted by molar-refractivity contribution is 7.81. The molecule has 37 heavy (non-hydrogen) atoms. The second-order valence-corrected chi connectivity index (χ2v) is 8.98. The summed E-state index contributed by atoms with van der Waals surface area (Å²) in [5, 5.41) is 14.9. The van der Waals surface area contributed by atoms with Crippen LogP contribution in [0.3, 0.4) is 0 Å². The van der Waals surface area contributed by atoms with Crippen molar-refractivity contribution in [1.82, 2.24) is 26.6 Å². The lowest BCUT2D eigenvalue weighted by Crippen LogP contribution is -2.44. The largest absolute Gasteiger partial charge is 0.356 e. The van der Waals surface area contributed by atoms with Crippen LogP contribution >= 0.6 is 12.6 Å². The third-order valence-corrected chi connectivity index (χ3v) is 5.91. The van der Waals surface area contributed by atoms with Crippen molar-refractivity contribution in [2.45, 2.75) is 32.6 Å². The standard InChI is InChI=1S/C26H35N5O5S/c1-17-5-6-21-12-19(7-8-20(21)11-17)18(2)26(36)28-10-4-3-9-27-22(32)13-29-23(33)14-30-24(34)15-31-25(35)16-37/h5-8,11-12,18,37H,3-4,9-10,13-16H2,1-2H3,(H,27,32)(H,28,36)(H,29,33)(H,30,34)(H,31,35)/t18-/m0/s1. The summed E-state index contributed by atoms with van der Waals surface area (Å²) in [6, 6.07) is 12.3. The van der Waals surface area contributed by atoms with E-state index in [1.807, 2.05) is 25.1 Å². The van der Waals surface area contributed by atoms with Crippen molar-refractivity contribution in [2.75, 3.05) is 38.5 Å². The number of benzene rings is 2. The number of unbranched alkanes of at least 4 members (excludes halogenated alkanes) is 1. The van der Waals surface area contributed by atoms with Gasteiger partial charge in [0, 0.05) is 13.1 Å². The van der Waals surface area contributed by atoms with Crippen LogP contribution in [0.2, 0.25) is 0 Å². The van der Waals surface area contributed by atoms with E-state index < -0.39 is 17.7 Å². The predicted octanol–water partition coefficient (Wildman–Crippen LogP) is 0.543. The summed E-state index contributed by atoms with van der Waals surface area (Å²) in [4.78, 5) is 58.6. The van der Waals surface area contributed by atoms with E-state index in [9.17, 15) is 24.0 Å². The number of nitrogens with one attached hydrogen (secondary N) is 5. The minimum Gasteiger partial charge on any atom is -0.356 e. The Morgan fingerprint density at radius 1 is 0.703 bits per heavy atom. The molecule has 0 heterocycles. The Hall–Kier alpha value is -3.60. The second kappa shape index (κ2) is 15.5. The van der Waals surface area contributed by atoms with Gasteiger partial charge >= 0.3 is 0 Å². The zero-order valence-electron chi connectivity index (χ0n) is 21.2. The Kier molecular flexibility index (Phi) is 12.4. The summed E-state index contributed by atoms with van der Waals surface area (Å²) >= 11 is 3.77. The molecule has 0 unspecified atom stereocenters. The monoisotopic (exact) mass is 529 g/mol. The van der Waals surface area contributed by atoms with Crippen molar-refractivity contribution in [2.24, 2.45) is 0 Å². The lowest BCUT2D eigenvalue weighted by molar-refractivity contribution is -0.128. The quantitative estimate of drug-likeness (QED) is 0.156. The van der Waals surface area contributed by atoms with Crippen LogP contribution in [0, 0.1) is 6.92 Å². The van der Waals surface area contributed by atoms with Gasteiger partial charge in [-0.25, -0.2) is 0 Å². The molecule has 5 amide bonds. The van der Waals surface area contributed by atoms with Crippen molar-refractivity contribution in [3.63, 3.8) is 0 Å². The molecule has 10 nitrogen and oxygen atoms in total. The zero-order valence-corrected chi connectivity index (χ0v) is 22.1. The third-order valence-electron chi connectivity index (χ3n) is 5.62. The molecule has 2 aromatic carbocycles. The minimum atomic E-state index is -0.526. The average molecular weight is 530 g/mol. The molecule has 5 N–H and O–H groups in total. The van der Waals surface area contributed by atoms with E-state index in [-0.39, 0.29) is 43.1 Å². The molecule has 0 radical (unpaired) electrons. The molecule has 0 spiro atoms. The first-order valence-corrected chi connectivity index (χ1v) is 12.8. The van der Waals surface area contributed by atoms with E-state index in [2.05, 4.69) is 64.3 Å². The maximum atomic E-state index is 12.5. The molecule has 0 aliphatic rings. The fourth-order valence-corrected chi connectivity index (χ4v) is 3.54. The minimum absolute atomic E-state index is 0.0391. The van der Waals surface area contributed by atoms with Crippen molar-refractivity contribution in [3.05, 3.63) is 47.5 Å². The third kappa shape index (κ3) is 10.9. The number of hydrogen-bond acceptors (Lipinski definition) is 6. The number of thiol groups is 1. The van der Waals surface area contributed by atoms with Crippen molar-refractivity contribution in [1.29, 1.82) is 0 Å². The molecule has 0 aliphatic carbocycles. The van der Waals surface area contributed by atoms with Gasteiger partial charge in [0.15, 0.2) is 0 Å². The van der Waals surface area contributed by atoms with Crippen LogP contribution in [-0.4, -0.2) is 68.0 Å². The highest BCUT2D eigenvalue weighted by atomic mass is 32.1. The number of amides is 5. The molecule has 0 saturated heterocycles. The Labute approximate surface area is 222 Å². The molecular weight excluding hydrogens is 494 g/mol. The van der Waals surface area contributed by atoms with E-state index in [4.69, 9.17) is 0 Å². The first-order valence-electron chi connectivity index (χ1n) is 12.1. The fourth-order valence-electron chi connectivity index (χ4n) is 3.43. The molecule has 11 heteroatoms. The topological polar surface area (TPSA) is 146 Å². The second-order valence-electron chi connectivity index (χ2n) is 8.67. The highest BCUT2D eigenvalue weighted by Crippen LogP contribution is 2.22. The Morgan fingerprint density at radius 3 is 1.84 bits per heavy atom. The average Bonchev–Trinajstić information content (AvgIpc) is 2.90. The van der Waals surface area contributed by atoms with Gasteiger partial charge < -0.3 is 26.6 Å². The molecule has 2 aromatic rings. The fraction of sp³-hybridized carbons (Fsp3) is 0.423. The normalized spacial score (nSPS) is 11.3. The number of hydrogen-bond donors (Lipinski definition) is 6. The molecule has 2 rings (SSSR count). The summed E-state index contributed by atoms with van der Waals surface area (Å²) in [7, 11) is 0. The van der Waals surface area contributed by atoms with Crippen LogP contribution in [0.1, 0.15) is 36.8 Å². The number of carbonyl (C=O) groups is 5. The van der Waals surface area contributed by atoms with Crippen LogP contribution in [0.5, 0.6) is 0 Å². The highest BCUT2D eigenvalue weighted by Gasteiger charge is 2.15. The van der Waals surface area contributed by atoms with Crippen molar-refractivity contribution >= 4 is 52.9 Å². The maximum Gasteiger partial charge on any atom is 0.239 e.